The van der Waals surface area contributed by atoms with Crippen LogP contribution in [0.1, 0.15) is 161 Å². The van der Waals surface area contributed by atoms with Gasteiger partial charge in [-0.1, -0.05) is 145 Å². The lowest BCUT2D eigenvalue weighted by atomic mass is 9.80. The monoisotopic (exact) mass is 1420 g/mol. The predicted molar refractivity (Wildman–Crippen MR) is 412 cm³/mol. The summed E-state index contributed by atoms with van der Waals surface area (Å²) < 4.78 is 28.9. The van der Waals surface area contributed by atoms with Gasteiger partial charge in [-0.25, -0.2) is 9.97 Å². The number of aromatic nitrogens is 2. The summed E-state index contributed by atoms with van der Waals surface area (Å²) in [6.07, 6.45) is 2.75. The summed E-state index contributed by atoms with van der Waals surface area (Å²) in [6.45, 7) is 33.9. The minimum Gasteiger partial charge on any atom is -0.457 e. The standard InChI is InChI=1S/C86H80N8O12/c1-45(2)77(97)89-51-33-35-87-65(37-51)91-67(95)43-93-79(99)57-39-61(103-53-25-17-47(18-26-53)83(5,6)7)71-73-63(105-55-29-21-49(22-30-55)85(11,12)13)41-59-70-60(82(102)94(81(59)101)44-68(96)92-66-38-52(34-36-88-66)90-78(98)46(3)4)42-64(106-56-31-23-50(24-32-56)86(14,15)16)74(76(70)73)72-62(40-58(80(93)100)69(57)75(71)72)104-54-27-19-48(20-28-54)84(8,9)10/h17-42H,1,3,43-44H2,2,4-16H3,(H2,87,89,91,95,97)(H2,88,90,92,96,98). The molecular weight excluding hydrogens is 1340 g/mol. The molecule has 2 aliphatic heterocycles. The number of hydrogen-bond donors (Lipinski definition) is 4. The smallest absolute Gasteiger partial charge is 0.262 e. The molecule has 0 fully saturated rings. The number of carbonyl (C=O) groups excluding carboxylic acids is 8. The van der Waals surface area contributed by atoms with E-state index in [4.69, 9.17) is 18.9 Å². The number of carbonyl (C=O) groups is 8. The van der Waals surface area contributed by atoms with Gasteiger partial charge in [0.25, 0.3) is 35.4 Å². The zero-order valence-corrected chi connectivity index (χ0v) is 61.5. The molecule has 0 atom stereocenters. The Morgan fingerprint density at radius 3 is 0.821 bits per heavy atom. The molecule has 536 valence electrons. The number of anilines is 4. The molecule has 2 aliphatic rings. The van der Waals surface area contributed by atoms with Gasteiger partial charge in [0.1, 0.15) is 70.7 Å². The maximum absolute atomic E-state index is 15.9. The average molecular weight is 1420 g/mol. The molecule has 20 nitrogen and oxygen atoms in total. The molecule has 11 aromatic rings. The van der Waals surface area contributed by atoms with Crippen molar-refractivity contribution in [3.05, 3.63) is 227 Å². The Labute approximate surface area is 613 Å². The van der Waals surface area contributed by atoms with Crippen LogP contribution in [0.3, 0.4) is 0 Å². The van der Waals surface area contributed by atoms with Gasteiger partial charge in [-0.3, -0.25) is 48.2 Å². The fraction of sp³-hybridized carbons (Fsp3) is 0.233. The van der Waals surface area contributed by atoms with Crippen LogP contribution >= 0.6 is 0 Å². The summed E-state index contributed by atoms with van der Waals surface area (Å²) in [6, 6.07) is 41.9. The molecule has 20 heteroatoms. The molecule has 9 aromatic carbocycles. The van der Waals surface area contributed by atoms with Gasteiger partial charge in [-0.15, -0.1) is 0 Å². The summed E-state index contributed by atoms with van der Waals surface area (Å²) in [4.78, 5) is 128. The van der Waals surface area contributed by atoms with Crippen LogP contribution in [-0.2, 0) is 40.8 Å². The molecule has 0 bridgehead atoms. The minimum absolute atomic E-state index is 0.0104. The van der Waals surface area contributed by atoms with E-state index in [9.17, 15) is 19.2 Å². The summed E-state index contributed by atoms with van der Waals surface area (Å²) in [5, 5.41) is 12.5. The highest BCUT2D eigenvalue weighted by molar-refractivity contribution is 6.45. The molecule has 2 aromatic heterocycles. The molecular formula is C86H80N8O12. The lowest BCUT2D eigenvalue weighted by molar-refractivity contribution is -0.117. The predicted octanol–water partition coefficient (Wildman–Crippen LogP) is 18.4. The first kappa shape index (κ1) is 71.8. The van der Waals surface area contributed by atoms with E-state index < -0.39 is 60.3 Å². The summed E-state index contributed by atoms with van der Waals surface area (Å²) in [5.74, 6) is -4.57. The second-order valence-corrected chi connectivity index (χ2v) is 31.0. The van der Waals surface area contributed by atoms with E-state index in [0.717, 1.165) is 32.1 Å². The van der Waals surface area contributed by atoms with Crippen molar-refractivity contribution in [1.82, 2.24) is 19.8 Å². The van der Waals surface area contributed by atoms with Gasteiger partial charge in [0, 0.05) is 90.1 Å². The van der Waals surface area contributed by atoms with Crippen LogP contribution in [-0.4, -0.2) is 80.1 Å². The van der Waals surface area contributed by atoms with Crippen LogP contribution in [0.2, 0.25) is 0 Å². The van der Waals surface area contributed by atoms with E-state index in [2.05, 4.69) is 127 Å². The maximum atomic E-state index is 15.9. The van der Waals surface area contributed by atoms with E-state index in [0.29, 0.717) is 34.4 Å². The minimum atomic E-state index is -0.875. The van der Waals surface area contributed by atoms with E-state index in [1.807, 2.05) is 48.5 Å². The molecule has 13 rings (SSSR count). The zero-order chi connectivity index (χ0) is 76.0. The highest BCUT2D eigenvalue weighted by Crippen LogP contribution is 2.58. The van der Waals surface area contributed by atoms with Crippen molar-refractivity contribution in [1.29, 1.82) is 0 Å². The Bertz CT molecular complexity index is 4970. The van der Waals surface area contributed by atoms with Crippen molar-refractivity contribution >= 4 is 113 Å². The second kappa shape index (κ2) is 26.9. The van der Waals surface area contributed by atoms with Gasteiger partial charge in [0.2, 0.25) is 11.8 Å². The van der Waals surface area contributed by atoms with Gasteiger partial charge < -0.3 is 40.2 Å². The molecule has 4 heterocycles. The Morgan fingerprint density at radius 2 is 0.594 bits per heavy atom. The highest BCUT2D eigenvalue weighted by Gasteiger charge is 2.43. The first-order valence-electron chi connectivity index (χ1n) is 34.7. The Morgan fingerprint density at radius 1 is 0.349 bits per heavy atom. The third-order valence-electron chi connectivity index (χ3n) is 18.8. The summed E-state index contributed by atoms with van der Waals surface area (Å²) in [5.41, 5.74) is 3.66. The SMILES string of the molecule is C=C(C)C(=O)Nc1ccnc(NC(=O)CN2C(=O)c3cc(Oc4ccc(C(C)(C)C)cc4)c4c5c(Oc6ccc(C(C)(C)C)cc6)cc6c7c(cc(Oc8ccc(C(C)(C)C)cc8)c(c8c(Oc9ccc(C(C)(C)C)cc9)cc(c3c48)C2=O)c75)C(=O)N(CC(=O)Nc2cc(NC(=O)C(=C)C)ccn2)C6=O)c1. The zero-order valence-electron chi connectivity index (χ0n) is 61.5. The van der Waals surface area contributed by atoms with Gasteiger partial charge >= 0.3 is 0 Å². The Balaban J connectivity index is 1.12. The van der Waals surface area contributed by atoms with Gasteiger partial charge in [-0.2, -0.15) is 0 Å². The van der Waals surface area contributed by atoms with Gasteiger partial charge in [0.05, 0.1) is 22.3 Å². The topological polar surface area (TPSA) is 254 Å². The molecule has 8 amide bonds. The number of nitrogens with zero attached hydrogens (tertiary/aromatic N) is 4. The van der Waals surface area contributed by atoms with E-state index in [-0.39, 0.29) is 133 Å². The lowest BCUT2D eigenvalue weighted by Gasteiger charge is -2.32. The summed E-state index contributed by atoms with van der Waals surface area (Å²) in [7, 11) is 0. The largest absolute Gasteiger partial charge is 0.457 e. The van der Waals surface area contributed by atoms with Crippen LogP contribution in [0.25, 0.3) is 43.1 Å². The van der Waals surface area contributed by atoms with Crippen molar-refractivity contribution in [2.45, 2.75) is 119 Å². The fourth-order valence-electron chi connectivity index (χ4n) is 13.1. The van der Waals surface area contributed by atoms with Crippen molar-refractivity contribution in [2.24, 2.45) is 0 Å². The first-order valence-corrected chi connectivity index (χ1v) is 34.7. The Kier molecular flexibility index (Phi) is 18.2. The molecule has 4 N–H and O–H groups in total. The van der Waals surface area contributed by atoms with Gasteiger partial charge in [0.15, 0.2) is 0 Å². The number of nitrogens with one attached hydrogen (secondary N) is 4. The number of imide groups is 2. The van der Waals surface area contributed by atoms with Crippen LogP contribution in [0.5, 0.6) is 46.0 Å². The summed E-state index contributed by atoms with van der Waals surface area (Å²) >= 11 is 0. The van der Waals surface area contributed by atoms with E-state index >= 15 is 19.2 Å². The van der Waals surface area contributed by atoms with Gasteiger partial charge in [-0.05, 0) is 143 Å². The van der Waals surface area contributed by atoms with Crippen molar-refractivity contribution in [2.75, 3.05) is 34.4 Å². The molecule has 0 saturated heterocycles. The number of hydrogen-bond acceptors (Lipinski definition) is 14. The molecule has 0 unspecified atom stereocenters. The molecule has 0 radical (unpaired) electrons. The number of fused-ring (bicyclic) bond motifs is 2. The number of ether oxygens (including phenoxy) is 4. The molecule has 0 spiro atoms. The number of rotatable bonds is 18. The van der Waals surface area contributed by atoms with E-state index in [1.54, 1.807) is 62.4 Å². The highest BCUT2D eigenvalue weighted by atomic mass is 16.5. The fourth-order valence-corrected chi connectivity index (χ4v) is 13.1. The number of benzene rings is 9. The number of pyridine rings is 2. The van der Waals surface area contributed by atoms with Crippen LogP contribution in [0, 0.1) is 0 Å². The van der Waals surface area contributed by atoms with Crippen molar-refractivity contribution < 1.29 is 57.3 Å². The Hall–Kier alpha value is -12.6. The van der Waals surface area contributed by atoms with Crippen molar-refractivity contribution in [3.63, 3.8) is 0 Å². The maximum Gasteiger partial charge on any atom is 0.262 e. The first-order chi connectivity index (χ1) is 50.0. The van der Waals surface area contributed by atoms with Crippen LogP contribution in [0.15, 0.2) is 182 Å². The van der Waals surface area contributed by atoms with Crippen LogP contribution < -0.4 is 40.2 Å². The molecule has 0 saturated carbocycles. The second-order valence-electron chi connectivity index (χ2n) is 31.0. The molecule has 0 aliphatic carbocycles. The van der Waals surface area contributed by atoms with Crippen molar-refractivity contribution in [3.8, 4) is 46.0 Å². The average Bonchev–Trinajstić information content (AvgIpc) is 0.672. The van der Waals surface area contributed by atoms with E-state index in [1.165, 1.54) is 60.9 Å². The normalized spacial score (nSPS) is 13.2. The molecule has 106 heavy (non-hydrogen) atoms. The number of amides is 8. The van der Waals surface area contributed by atoms with Crippen LogP contribution in [0.4, 0.5) is 23.0 Å². The third-order valence-corrected chi connectivity index (χ3v) is 18.8. The lowest BCUT2D eigenvalue weighted by Crippen LogP contribution is -2.45. The quantitative estimate of drug-likeness (QED) is 0.0270. The third kappa shape index (κ3) is 14.0.